The zero-order valence-corrected chi connectivity index (χ0v) is 11.4. The van der Waals surface area contributed by atoms with Gasteiger partial charge in [0.2, 0.25) is 0 Å². The molecule has 0 unspecified atom stereocenters. The molecule has 1 aromatic carbocycles. The van der Waals surface area contributed by atoms with Crippen molar-refractivity contribution in [3.63, 3.8) is 0 Å². The second kappa shape index (κ2) is 4.85. The lowest BCUT2D eigenvalue weighted by atomic mass is 10.1. The number of amides is 1. The van der Waals surface area contributed by atoms with Crippen LogP contribution in [0.5, 0.6) is 0 Å². The normalized spacial score (nSPS) is 10.9. The van der Waals surface area contributed by atoms with E-state index in [0.29, 0.717) is 17.8 Å². The van der Waals surface area contributed by atoms with Gasteiger partial charge >= 0.3 is 0 Å². The highest BCUT2D eigenvalue weighted by Crippen LogP contribution is 2.22. The third-order valence-corrected chi connectivity index (χ3v) is 3.49. The number of aryl methyl sites for hydroxylation is 2. The van der Waals surface area contributed by atoms with Crippen molar-refractivity contribution in [1.29, 1.82) is 0 Å². The first kappa shape index (κ1) is 12.5. The van der Waals surface area contributed by atoms with E-state index >= 15 is 0 Å². The Morgan fingerprint density at radius 1 is 1.35 bits per heavy atom. The number of rotatable bonds is 3. The summed E-state index contributed by atoms with van der Waals surface area (Å²) in [5.74, 6) is -0.117. The van der Waals surface area contributed by atoms with Crippen molar-refractivity contribution in [3.8, 4) is 0 Å². The lowest BCUT2D eigenvalue weighted by Gasteiger charge is -2.03. The monoisotopic (exact) mass is 269 g/mol. The molecule has 0 saturated heterocycles. The van der Waals surface area contributed by atoms with E-state index in [1.54, 1.807) is 6.07 Å². The molecule has 0 bridgehead atoms. The molecule has 5 heteroatoms. The molecule has 0 radical (unpaired) electrons. The van der Waals surface area contributed by atoms with Crippen LogP contribution < -0.4 is 5.32 Å². The minimum Gasteiger partial charge on any atom is -0.364 e. The van der Waals surface area contributed by atoms with Crippen molar-refractivity contribution in [1.82, 2.24) is 15.5 Å². The van der Waals surface area contributed by atoms with Crippen molar-refractivity contribution in [3.05, 3.63) is 53.0 Å². The van der Waals surface area contributed by atoms with Crippen molar-refractivity contribution < 1.29 is 9.32 Å². The number of H-pyrrole nitrogens is 1. The van der Waals surface area contributed by atoms with Gasteiger partial charge in [-0.2, -0.15) is 0 Å². The van der Waals surface area contributed by atoms with Gasteiger partial charge in [0.05, 0.1) is 6.54 Å². The molecule has 1 amide bonds. The number of hydrogen-bond acceptors (Lipinski definition) is 3. The smallest absolute Gasteiger partial charge is 0.251 e. The maximum atomic E-state index is 12.1. The predicted octanol–water partition coefficient (Wildman–Crippen LogP) is 2.70. The van der Waals surface area contributed by atoms with Gasteiger partial charge < -0.3 is 14.8 Å². The molecule has 0 spiro atoms. The Morgan fingerprint density at radius 2 is 2.20 bits per heavy atom. The first-order valence-electron chi connectivity index (χ1n) is 6.41. The quantitative estimate of drug-likeness (QED) is 0.768. The first-order valence-corrected chi connectivity index (χ1v) is 6.41. The predicted molar refractivity (Wildman–Crippen MR) is 75.4 cm³/mol. The number of carbonyl (C=O) groups is 1. The lowest BCUT2D eigenvalue weighted by molar-refractivity contribution is 0.0950. The van der Waals surface area contributed by atoms with Crippen LogP contribution in [0.15, 0.2) is 35.1 Å². The molecule has 0 atom stereocenters. The van der Waals surface area contributed by atoms with Crippen LogP contribution in [-0.2, 0) is 6.54 Å². The number of aromatic nitrogens is 2. The van der Waals surface area contributed by atoms with Crippen LogP contribution in [0.4, 0.5) is 0 Å². The van der Waals surface area contributed by atoms with Crippen LogP contribution in [0, 0.1) is 13.8 Å². The number of aromatic amines is 1. The lowest BCUT2D eigenvalue weighted by Crippen LogP contribution is -2.22. The summed E-state index contributed by atoms with van der Waals surface area (Å²) in [6.45, 7) is 4.43. The van der Waals surface area contributed by atoms with Gasteiger partial charge in [-0.1, -0.05) is 5.16 Å². The molecule has 0 aliphatic carbocycles. The number of benzene rings is 1. The first-order chi connectivity index (χ1) is 9.65. The third-order valence-electron chi connectivity index (χ3n) is 3.49. The molecule has 5 nitrogen and oxygen atoms in total. The van der Waals surface area contributed by atoms with Crippen molar-refractivity contribution >= 4 is 16.8 Å². The average Bonchev–Trinajstić information content (AvgIpc) is 3.06. The maximum absolute atomic E-state index is 12.1. The molecule has 20 heavy (non-hydrogen) atoms. The number of carbonyl (C=O) groups excluding carboxylic acids is 1. The molecule has 102 valence electrons. The van der Waals surface area contributed by atoms with Gasteiger partial charge in [-0.3, -0.25) is 4.79 Å². The van der Waals surface area contributed by atoms with E-state index in [0.717, 1.165) is 16.6 Å². The van der Waals surface area contributed by atoms with E-state index in [1.165, 1.54) is 11.8 Å². The SMILES string of the molecule is Cc1[nH]c2ccc(C(=O)NCc3ccon3)cc2c1C. The van der Waals surface area contributed by atoms with E-state index in [9.17, 15) is 4.79 Å². The summed E-state index contributed by atoms with van der Waals surface area (Å²) >= 11 is 0. The summed E-state index contributed by atoms with van der Waals surface area (Å²) in [5, 5.41) is 7.66. The molecular formula is C15H15N3O2. The van der Waals surface area contributed by atoms with Gasteiger partial charge in [-0.25, -0.2) is 0 Å². The molecule has 0 aliphatic rings. The highest BCUT2D eigenvalue weighted by molar-refractivity contribution is 5.98. The average molecular weight is 269 g/mol. The van der Waals surface area contributed by atoms with E-state index in [1.807, 2.05) is 32.0 Å². The molecule has 3 rings (SSSR count). The van der Waals surface area contributed by atoms with E-state index < -0.39 is 0 Å². The molecule has 2 heterocycles. The second-order valence-corrected chi connectivity index (χ2v) is 4.81. The minimum absolute atomic E-state index is 0.117. The van der Waals surface area contributed by atoms with Gasteiger partial charge in [-0.05, 0) is 37.6 Å². The highest BCUT2D eigenvalue weighted by Gasteiger charge is 2.10. The second-order valence-electron chi connectivity index (χ2n) is 4.81. The van der Waals surface area contributed by atoms with Crippen LogP contribution in [-0.4, -0.2) is 16.0 Å². The van der Waals surface area contributed by atoms with Gasteiger partial charge in [0, 0.05) is 28.2 Å². The summed E-state index contributed by atoms with van der Waals surface area (Å²) in [6, 6.07) is 7.38. The largest absolute Gasteiger partial charge is 0.364 e. The van der Waals surface area contributed by atoms with Gasteiger partial charge in [0.15, 0.2) is 0 Å². The fourth-order valence-corrected chi connectivity index (χ4v) is 2.20. The van der Waals surface area contributed by atoms with Crippen LogP contribution >= 0.6 is 0 Å². The van der Waals surface area contributed by atoms with Crippen molar-refractivity contribution in [2.45, 2.75) is 20.4 Å². The topological polar surface area (TPSA) is 70.9 Å². The molecule has 0 aliphatic heterocycles. The molecule has 2 N–H and O–H groups in total. The van der Waals surface area contributed by atoms with Gasteiger partial charge in [0.25, 0.3) is 5.91 Å². The summed E-state index contributed by atoms with van der Waals surface area (Å²) in [7, 11) is 0. The Balaban J connectivity index is 1.82. The maximum Gasteiger partial charge on any atom is 0.251 e. The number of fused-ring (bicyclic) bond motifs is 1. The Bertz CT molecular complexity index is 757. The Morgan fingerprint density at radius 3 is 2.95 bits per heavy atom. The highest BCUT2D eigenvalue weighted by atomic mass is 16.5. The Labute approximate surface area is 116 Å². The zero-order chi connectivity index (χ0) is 14.1. The summed E-state index contributed by atoms with van der Waals surface area (Å²) < 4.78 is 4.72. The van der Waals surface area contributed by atoms with Crippen LogP contribution in [0.3, 0.4) is 0 Å². The third kappa shape index (κ3) is 2.18. The van der Waals surface area contributed by atoms with E-state index in [-0.39, 0.29) is 5.91 Å². The van der Waals surface area contributed by atoms with Gasteiger partial charge in [0.1, 0.15) is 12.0 Å². The standard InChI is InChI=1S/C15H15N3O2/c1-9-10(2)17-14-4-3-11(7-13(9)14)15(19)16-8-12-5-6-20-18-12/h3-7,17H,8H2,1-2H3,(H,16,19). The van der Waals surface area contributed by atoms with E-state index in [2.05, 4.69) is 15.5 Å². The fraction of sp³-hybridized carbons (Fsp3) is 0.200. The summed E-state index contributed by atoms with van der Waals surface area (Å²) in [4.78, 5) is 15.4. The number of hydrogen-bond donors (Lipinski definition) is 2. The van der Waals surface area contributed by atoms with Crippen molar-refractivity contribution in [2.24, 2.45) is 0 Å². The summed E-state index contributed by atoms with van der Waals surface area (Å²) in [6.07, 6.45) is 1.49. The molecule has 2 aromatic heterocycles. The van der Waals surface area contributed by atoms with Crippen LogP contribution in [0.25, 0.3) is 10.9 Å². The Hall–Kier alpha value is -2.56. The van der Waals surface area contributed by atoms with Crippen LogP contribution in [0.1, 0.15) is 27.3 Å². The van der Waals surface area contributed by atoms with Crippen molar-refractivity contribution in [2.75, 3.05) is 0 Å². The number of nitrogens with one attached hydrogen (secondary N) is 2. The van der Waals surface area contributed by atoms with Crippen LogP contribution in [0.2, 0.25) is 0 Å². The fourth-order valence-electron chi connectivity index (χ4n) is 2.20. The zero-order valence-electron chi connectivity index (χ0n) is 11.4. The number of nitrogens with zero attached hydrogens (tertiary/aromatic N) is 1. The van der Waals surface area contributed by atoms with E-state index in [4.69, 9.17) is 4.52 Å². The molecule has 3 aromatic rings. The minimum atomic E-state index is -0.117. The Kier molecular flexibility index (Phi) is 3.02. The molecule has 0 saturated carbocycles. The summed E-state index contributed by atoms with van der Waals surface area (Å²) in [5.41, 5.74) is 4.69. The molecule has 0 fully saturated rings. The molecular weight excluding hydrogens is 254 g/mol. The van der Waals surface area contributed by atoms with Gasteiger partial charge in [-0.15, -0.1) is 0 Å².